The van der Waals surface area contributed by atoms with E-state index in [0.717, 1.165) is 25.9 Å². The highest BCUT2D eigenvalue weighted by Gasteiger charge is 2.22. The second kappa shape index (κ2) is 4.51. The summed E-state index contributed by atoms with van der Waals surface area (Å²) < 4.78 is 13.0. The van der Waals surface area contributed by atoms with Gasteiger partial charge in [-0.3, -0.25) is 4.90 Å². The van der Waals surface area contributed by atoms with Gasteiger partial charge in [0, 0.05) is 25.8 Å². The normalized spacial score (nSPS) is 15.2. The second-order valence-corrected chi connectivity index (χ2v) is 4.02. The van der Waals surface area contributed by atoms with Crippen molar-refractivity contribution in [3.05, 3.63) is 30.1 Å². The standard InChI is InChI=1S/C12H15FN2O/c1-14(11-6-4-5-10(13)9-11)12(16)15-7-2-3-8-15/h4-6,9H,2-3,7-8H2,1H3. The van der Waals surface area contributed by atoms with Crippen LogP contribution in [0, 0.1) is 5.82 Å². The van der Waals surface area contributed by atoms with Crippen LogP contribution in [0.3, 0.4) is 0 Å². The summed E-state index contributed by atoms with van der Waals surface area (Å²) >= 11 is 0. The summed E-state index contributed by atoms with van der Waals surface area (Å²) in [6.45, 7) is 1.61. The number of likely N-dealkylation sites (tertiary alicyclic amines) is 1. The van der Waals surface area contributed by atoms with Crippen molar-refractivity contribution in [3.63, 3.8) is 0 Å². The van der Waals surface area contributed by atoms with Crippen molar-refractivity contribution >= 4 is 11.7 Å². The minimum Gasteiger partial charge on any atom is -0.324 e. The van der Waals surface area contributed by atoms with Crippen molar-refractivity contribution < 1.29 is 9.18 Å². The van der Waals surface area contributed by atoms with Crippen molar-refractivity contribution in [2.24, 2.45) is 0 Å². The molecular weight excluding hydrogens is 207 g/mol. The van der Waals surface area contributed by atoms with Gasteiger partial charge in [-0.25, -0.2) is 9.18 Å². The van der Waals surface area contributed by atoms with Gasteiger partial charge in [0.2, 0.25) is 0 Å². The summed E-state index contributed by atoms with van der Waals surface area (Å²) in [6, 6.07) is 6.03. The van der Waals surface area contributed by atoms with Crippen LogP contribution in [0.1, 0.15) is 12.8 Å². The minimum absolute atomic E-state index is 0.0527. The fourth-order valence-electron chi connectivity index (χ4n) is 1.92. The van der Waals surface area contributed by atoms with Crippen molar-refractivity contribution in [2.45, 2.75) is 12.8 Å². The van der Waals surface area contributed by atoms with Crippen LogP contribution in [0.2, 0.25) is 0 Å². The molecule has 1 aromatic rings. The Morgan fingerprint density at radius 3 is 2.69 bits per heavy atom. The largest absolute Gasteiger partial charge is 0.324 e. The molecule has 2 amide bonds. The fourth-order valence-corrected chi connectivity index (χ4v) is 1.92. The zero-order valence-corrected chi connectivity index (χ0v) is 9.32. The summed E-state index contributed by atoms with van der Waals surface area (Å²) in [4.78, 5) is 15.3. The van der Waals surface area contributed by atoms with E-state index in [1.54, 1.807) is 24.1 Å². The van der Waals surface area contributed by atoms with E-state index in [1.165, 1.54) is 17.0 Å². The number of urea groups is 1. The Morgan fingerprint density at radius 2 is 2.06 bits per heavy atom. The summed E-state index contributed by atoms with van der Waals surface area (Å²) in [6.07, 6.45) is 2.12. The van der Waals surface area contributed by atoms with E-state index in [4.69, 9.17) is 0 Å². The Balaban J connectivity index is 2.11. The number of halogens is 1. The molecule has 1 aliphatic heterocycles. The number of anilines is 1. The molecule has 1 aromatic carbocycles. The van der Waals surface area contributed by atoms with Crippen LogP contribution >= 0.6 is 0 Å². The number of rotatable bonds is 1. The van der Waals surface area contributed by atoms with E-state index in [2.05, 4.69) is 0 Å². The highest BCUT2D eigenvalue weighted by molar-refractivity contribution is 5.91. The number of carbonyl (C=O) groups is 1. The molecule has 1 saturated heterocycles. The molecule has 1 fully saturated rings. The fraction of sp³-hybridized carbons (Fsp3) is 0.417. The van der Waals surface area contributed by atoms with Gasteiger partial charge < -0.3 is 4.90 Å². The number of benzene rings is 1. The predicted octanol–water partition coefficient (Wildman–Crippen LogP) is 2.48. The molecule has 0 N–H and O–H groups in total. The molecule has 86 valence electrons. The molecule has 0 saturated carbocycles. The molecule has 1 heterocycles. The maximum atomic E-state index is 13.0. The van der Waals surface area contributed by atoms with Crippen LogP contribution in [0.25, 0.3) is 0 Å². The highest BCUT2D eigenvalue weighted by atomic mass is 19.1. The second-order valence-electron chi connectivity index (χ2n) is 4.02. The van der Waals surface area contributed by atoms with E-state index in [1.807, 2.05) is 0 Å². The maximum absolute atomic E-state index is 13.0. The summed E-state index contributed by atoms with van der Waals surface area (Å²) in [5.74, 6) is -0.321. The molecule has 1 aliphatic rings. The third kappa shape index (κ3) is 2.15. The molecule has 16 heavy (non-hydrogen) atoms. The highest BCUT2D eigenvalue weighted by Crippen LogP contribution is 2.17. The van der Waals surface area contributed by atoms with Gasteiger partial charge >= 0.3 is 6.03 Å². The van der Waals surface area contributed by atoms with Crippen LogP contribution in [0.5, 0.6) is 0 Å². The zero-order valence-electron chi connectivity index (χ0n) is 9.32. The summed E-state index contributed by atoms with van der Waals surface area (Å²) in [7, 11) is 1.68. The van der Waals surface area contributed by atoms with E-state index in [-0.39, 0.29) is 11.8 Å². The van der Waals surface area contributed by atoms with Crippen molar-refractivity contribution in [2.75, 3.05) is 25.0 Å². The summed E-state index contributed by atoms with van der Waals surface area (Å²) in [5, 5.41) is 0. The van der Waals surface area contributed by atoms with Crippen LogP contribution in [-0.4, -0.2) is 31.1 Å². The molecule has 0 bridgehead atoms. The molecular formula is C12H15FN2O. The molecule has 4 heteroatoms. The lowest BCUT2D eigenvalue weighted by Gasteiger charge is -2.24. The van der Waals surface area contributed by atoms with Gasteiger partial charge in [0.1, 0.15) is 5.82 Å². The predicted molar refractivity (Wildman–Crippen MR) is 61.0 cm³/mol. The third-order valence-corrected chi connectivity index (χ3v) is 2.86. The number of nitrogens with zero attached hydrogens (tertiary/aromatic N) is 2. The van der Waals surface area contributed by atoms with E-state index < -0.39 is 0 Å². The first-order valence-corrected chi connectivity index (χ1v) is 5.46. The van der Waals surface area contributed by atoms with Gasteiger partial charge in [0.25, 0.3) is 0 Å². The first-order chi connectivity index (χ1) is 7.68. The van der Waals surface area contributed by atoms with Crippen LogP contribution in [0.4, 0.5) is 14.9 Å². The topological polar surface area (TPSA) is 23.6 Å². The Morgan fingerprint density at radius 1 is 1.38 bits per heavy atom. The Labute approximate surface area is 94.5 Å². The molecule has 3 nitrogen and oxygen atoms in total. The first kappa shape index (κ1) is 10.9. The van der Waals surface area contributed by atoms with Gasteiger partial charge in [-0.2, -0.15) is 0 Å². The van der Waals surface area contributed by atoms with Crippen LogP contribution < -0.4 is 4.90 Å². The van der Waals surface area contributed by atoms with Crippen LogP contribution in [-0.2, 0) is 0 Å². The lowest BCUT2D eigenvalue weighted by Crippen LogP contribution is -2.39. The van der Waals surface area contributed by atoms with Gasteiger partial charge in [-0.15, -0.1) is 0 Å². The van der Waals surface area contributed by atoms with Gasteiger partial charge in [-0.05, 0) is 31.0 Å². The molecule has 0 aliphatic carbocycles. The van der Waals surface area contributed by atoms with Crippen molar-refractivity contribution in [3.8, 4) is 0 Å². The maximum Gasteiger partial charge on any atom is 0.324 e. The Kier molecular flexibility index (Phi) is 3.08. The van der Waals surface area contributed by atoms with E-state index in [9.17, 15) is 9.18 Å². The lowest BCUT2D eigenvalue weighted by atomic mass is 10.3. The van der Waals surface area contributed by atoms with Gasteiger partial charge in [-0.1, -0.05) is 6.07 Å². The quantitative estimate of drug-likeness (QED) is 0.716. The number of hydrogen-bond donors (Lipinski definition) is 0. The van der Waals surface area contributed by atoms with Gasteiger partial charge in [0.05, 0.1) is 0 Å². The molecule has 0 atom stereocenters. The zero-order chi connectivity index (χ0) is 11.5. The van der Waals surface area contributed by atoms with Gasteiger partial charge in [0.15, 0.2) is 0 Å². The van der Waals surface area contributed by atoms with Crippen molar-refractivity contribution in [1.29, 1.82) is 0 Å². The third-order valence-electron chi connectivity index (χ3n) is 2.86. The molecule has 0 aromatic heterocycles. The van der Waals surface area contributed by atoms with E-state index >= 15 is 0 Å². The monoisotopic (exact) mass is 222 g/mol. The van der Waals surface area contributed by atoms with Crippen molar-refractivity contribution in [1.82, 2.24) is 4.90 Å². The average molecular weight is 222 g/mol. The lowest BCUT2D eigenvalue weighted by molar-refractivity contribution is 0.217. The number of amides is 2. The first-order valence-electron chi connectivity index (χ1n) is 5.46. The Bertz CT molecular complexity index is 388. The minimum atomic E-state index is -0.321. The number of hydrogen-bond acceptors (Lipinski definition) is 1. The summed E-state index contributed by atoms with van der Waals surface area (Å²) in [5.41, 5.74) is 0.594. The molecule has 0 radical (unpaired) electrons. The van der Waals surface area contributed by atoms with Crippen LogP contribution in [0.15, 0.2) is 24.3 Å². The van der Waals surface area contributed by atoms with E-state index in [0.29, 0.717) is 5.69 Å². The molecule has 0 spiro atoms. The SMILES string of the molecule is CN(C(=O)N1CCCC1)c1cccc(F)c1. The smallest absolute Gasteiger partial charge is 0.324 e. The average Bonchev–Trinajstić information content (AvgIpc) is 2.80. The number of carbonyl (C=O) groups excluding carboxylic acids is 1. The molecule has 2 rings (SSSR count). The Hall–Kier alpha value is -1.58. The molecule has 0 unspecified atom stereocenters.